The highest BCUT2D eigenvalue weighted by Crippen LogP contribution is 2.17. The van der Waals surface area contributed by atoms with Gasteiger partial charge in [-0.3, -0.25) is 0 Å². The van der Waals surface area contributed by atoms with Gasteiger partial charge in [-0.1, -0.05) is 0 Å². The largest absolute Gasteiger partial charge is 0.399 e. The number of nitrogen functional groups attached to an aromatic ring is 1. The monoisotopic (exact) mass is 313 g/mol. The third-order valence-electron chi connectivity index (χ3n) is 2.91. The van der Waals surface area contributed by atoms with Crippen LogP contribution in [-0.4, -0.2) is 51.1 Å². The SMILES string of the molecule is COCCCOCCS(=O)(=O)c1nc2ccc(N)cc2[nH]1. The highest BCUT2D eigenvalue weighted by atomic mass is 32.2. The van der Waals surface area contributed by atoms with Crippen molar-refractivity contribution in [2.45, 2.75) is 11.6 Å². The molecule has 1 aromatic heterocycles. The topological polar surface area (TPSA) is 107 Å². The number of anilines is 1. The van der Waals surface area contributed by atoms with Gasteiger partial charge in [0.1, 0.15) is 0 Å². The summed E-state index contributed by atoms with van der Waals surface area (Å²) in [5.74, 6) is -0.116. The van der Waals surface area contributed by atoms with Crippen LogP contribution in [0.15, 0.2) is 23.4 Å². The van der Waals surface area contributed by atoms with Gasteiger partial charge in [-0.25, -0.2) is 13.4 Å². The average molecular weight is 313 g/mol. The lowest BCUT2D eigenvalue weighted by molar-refractivity contribution is 0.112. The second kappa shape index (κ2) is 6.88. The molecule has 3 N–H and O–H groups in total. The fourth-order valence-electron chi connectivity index (χ4n) is 1.82. The highest BCUT2D eigenvalue weighted by Gasteiger charge is 2.19. The number of methoxy groups -OCH3 is 1. The lowest BCUT2D eigenvalue weighted by atomic mass is 10.3. The molecule has 1 heterocycles. The van der Waals surface area contributed by atoms with E-state index in [-0.39, 0.29) is 17.5 Å². The van der Waals surface area contributed by atoms with Gasteiger partial charge >= 0.3 is 0 Å². The number of imidazole rings is 1. The Morgan fingerprint density at radius 1 is 1.29 bits per heavy atom. The van der Waals surface area contributed by atoms with Crippen molar-refractivity contribution in [3.63, 3.8) is 0 Å². The smallest absolute Gasteiger partial charge is 0.226 e. The predicted molar refractivity (Wildman–Crippen MR) is 79.9 cm³/mol. The first-order chi connectivity index (χ1) is 10.0. The first-order valence-corrected chi connectivity index (χ1v) is 8.23. The molecule has 0 bridgehead atoms. The van der Waals surface area contributed by atoms with E-state index >= 15 is 0 Å². The van der Waals surface area contributed by atoms with Crippen LogP contribution < -0.4 is 5.73 Å². The number of fused-ring (bicyclic) bond motifs is 1. The summed E-state index contributed by atoms with van der Waals surface area (Å²) >= 11 is 0. The minimum Gasteiger partial charge on any atom is -0.399 e. The third-order valence-corrected chi connectivity index (χ3v) is 4.40. The first-order valence-electron chi connectivity index (χ1n) is 6.57. The second-order valence-electron chi connectivity index (χ2n) is 4.60. The number of hydrogen-bond acceptors (Lipinski definition) is 6. The summed E-state index contributed by atoms with van der Waals surface area (Å²) < 4.78 is 34.4. The standard InChI is InChI=1S/C13H19N3O4S/c1-19-5-2-6-20-7-8-21(17,18)13-15-11-4-3-10(14)9-12(11)16-13/h3-4,9H,2,5-8,14H2,1H3,(H,15,16). The fraction of sp³-hybridized carbons (Fsp3) is 0.462. The zero-order valence-corrected chi connectivity index (χ0v) is 12.6. The number of sulfone groups is 1. The predicted octanol–water partition coefficient (Wildman–Crippen LogP) is 0.972. The van der Waals surface area contributed by atoms with Crippen LogP contribution in [0.2, 0.25) is 0 Å². The Morgan fingerprint density at radius 3 is 2.86 bits per heavy atom. The molecule has 0 atom stereocenters. The number of nitrogens with zero attached hydrogens (tertiary/aromatic N) is 1. The summed E-state index contributed by atoms with van der Waals surface area (Å²) in [7, 11) is -1.88. The maximum absolute atomic E-state index is 12.1. The Morgan fingerprint density at radius 2 is 2.10 bits per heavy atom. The maximum atomic E-state index is 12.1. The molecule has 2 rings (SSSR count). The minimum absolute atomic E-state index is 0.0522. The van der Waals surface area contributed by atoms with E-state index in [9.17, 15) is 8.42 Å². The Labute approximate surface area is 123 Å². The minimum atomic E-state index is -3.49. The van der Waals surface area contributed by atoms with E-state index in [0.717, 1.165) is 6.42 Å². The van der Waals surface area contributed by atoms with Crippen LogP contribution in [-0.2, 0) is 19.3 Å². The van der Waals surface area contributed by atoms with Crippen molar-refractivity contribution >= 4 is 26.6 Å². The fourth-order valence-corrected chi connectivity index (χ4v) is 2.86. The summed E-state index contributed by atoms with van der Waals surface area (Å²) in [6, 6.07) is 5.02. The van der Waals surface area contributed by atoms with E-state index in [4.69, 9.17) is 15.2 Å². The molecule has 0 saturated heterocycles. The van der Waals surface area contributed by atoms with Gasteiger partial charge in [-0.15, -0.1) is 0 Å². The molecule has 0 spiro atoms. The van der Waals surface area contributed by atoms with Gasteiger partial charge in [0.15, 0.2) is 0 Å². The summed E-state index contributed by atoms with van der Waals surface area (Å²) in [6.07, 6.45) is 0.737. The summed E-state index contributed by atoms with van der Waals surface area (Å²) in [6.45, 7) is 1.20. The summed E-state index contributed by atoms with van der Waals surface area (Å²) in [5.41, 5.74) is 7.38. The van der Waals surface area contributed by atoms with Crippen molar-refractivity contribution in [1.82, 2.24) is 9.97 Å². The van der Waals surface area contributed by atoms with Gasteiger partial charge in [-0.2, -0.15) is 0 Å². The summed E-state index contributed by atoms with van der Waals surface area (Å²) in [5, 5.41) is -0.0522. The first kappa shape index (κ1) is 15.7. The Kier molecular flexibility index (Phi) is 5.16. The molecule has 116 valence electrons. The van der Waals surface area contributed by atoms with Crippen LogP contribution in [0.4, 0.5) is 5.69 Å². The molecule has 0 aliphatic carbocycles. The molecule has 2 aromatic rings. The molecule has 0 radical (unpaired) electrons. The van der Waals surface area contributed by atoms with Crippen LogP contribution in [0.1, 0.15) is 6.42 Å². The number of hydrogen-bond donors (Lipinski definition) is 2. The van der Waals surface area contributed by atoms with Crippen molar-refractivity contribution in [2.75, 3.05) is 38.4 Å². The van der Waals surface area contributed by atoms with E-state index in [2.05, 4.69) is 9.97 Å². The highest BCUT2D eigenvalue weighted by molar-refractivity contribution is 7.91. The van der Waals surface area contributed by atoms with Gasteiger partial charge in [0.2, 0.25) is 15.0 Å². The molecule has 0 unspecified atom stereocenters. The van der Waals surface area contributed by atoms with Gasteiger partial charge in [0.05, 0.1) is 23.4 Å². The zero-order chi connectivity index (χ0) is 15.3. The van der Waals surface area contributed by atoms with Gasteiger partial charge in [0, 0.05) is 26.0 Å². The molecule has 21 heavy (non-hydrogen) atoms. The van der Waals surface area contributed by atoms with Crippen LogP contribution in [0.25, 0.3) is 11.0 Å². The quantitative estimate of drug-likeness (QED) is 0.555. The van der Waals surface area contributed by atoms with Gasteiger partial charge in [0.25, 0.3) is 0 Å². The molecule has 8 heteroatoms. The van der Waals surface area contributed by atoms with Crippen molar-refractivity contribution in [1.29, 1.82) is 0 Å². The number of nitrogens with one attached hydrogen (secondary N) is 1. The molecule has 0 saturated carbocycles. The number of aromatic amines is 1. The van der Waals surface area contributed by atoms with Crippen molar-refractivity contribution in [3.05, 3.63) is 18.2 Å². The number of H-pyrrole nitrogens is 1. The third kappa shape index (κ3) is 4.16. The van der Waals surface area contributed by atoms with Crippen LogP contribution in [0.5, 0.6) is 0 Å². The lowest BCUT2D eigenvalue weighted by Gasteiger charge is -2.03. The van der Waals surface area contributed by atoms with Crippen LogP contribution in [0, 0.1) is 0 Å². The Hall–Kier alpha value is -1.64. The van der Waals surface area contributed by atoms with Gasteiger partial charge < -0.3 is 20.2 Å². The van der Waals surface area contributed by atoms with E-state index in [0.29, 0.717) is 29.9 Å². The number of rotatable bonds is 8. The average Bonchev–Trinajstić information content (AvgIpc) is 2.86. The zero-order valence-electron chi connectivity index (χ0n) is 11.8. The maximum Gasteiger partial charge on any atom is 0.226 e. The number of aromatic nitrogens is 2. The Bertz CT molecular complexity index is 697. The Balaban J connectivity index is 1.97. The van der Waals surface area contributed by atoms with E-state index in [1.165, 1.54) is 0 Å². The molecule has 0 aliphatic heterocycles. The van der Waals surface area contributed by atoms with E-state index < -0.39 is 9.84 Å². The molecular formula is C13H19N3O4S. The molecule has 7 nitrogen and oxygen atoms in total. The molecular weight excluding hydrogens is 294 g/mol. The summed E-state index contributed by atoms with van der Waals surface area (Å²) in [4.78, 5) is 6.86. The van der Waals surface area contributed by atoms with Gasteiger partial charge in [-0.05, 0) is 24.6 Å². The van der Waals surface area contributed by atoms with Crippen molar-refractivity contribution < 1.29 is 17.9 Å². The number of nitrogens with two attached hydrogens (primary N) is 1. The molecule has 0 aliphatic rings. The molecule has 1 aromatic carbocycles. The molecule has 0 amide bonds. The number of benzene rings is 1. The lowest BCUT2D eigenvalue weighted by Crippen LogP contribution is -2.14. The van der Waals surface area contributed by atoms with Crippen molar-refractivity contribution in [2.24, 2.45) is 0 Å². The number of ether oxygens (including phenoxy) is 2. The normalized spacial score (nSPS) is 12.0. The van der Waals surface area contributed by atoms with Crippen molar-refractivity contribution in [3.8, 4) is 0 Å². The van der Waals surface area contributed by atoms with Crippen LogP contribution in [0.3, 0.4) is 0 Å². The molecule has 0 fully saturated rings. The second-order valence-corrected chi connectivity index (χ2v) is 6.62. The van der Waals surface area contributed by atoms with Crippen LogP contribution >= 0.6 is 0 Å². The van der Waals surface area contributed by atoms with E-state index in [1.807, 2.05) is 0 Å². The van der Waals surface area contributed by atoms with E-state index in [1.54, 1.807) is 25.3 Å².